The van der Waals surface area contributed by atoms with Crippen LogP contribution in [0.4, 0.5) is 5.69 Å². The maximum atomic E-state index is 11.7. The van der Waals surface area contributed by atoms with Crippen molar-refractivity contribution < 1.29 is 14.6 Å². The molecule has 0 radical (unpaired) electrons. The van der Waals surface area contributed by atoms with Gasteiger partial charge in [-0.05, 0) is 71.0 Å². The van der Waals surface area contributed by atoms with E-state index in [9.17, 15) is 9.90 Å². The van der Waals surface area contributed by atoms with Gasteiger partial charge in [0.05, 0.1) is 11.6 Å². The van der Waals surface area contributed by atoms with Crippen molar-refractivity contribution in [3.8, 4) is 5.75 Å². The van der Waals surface area contributed by atoms with Crippen molar-refractivity contribution in [1.29, 1.82) is 0 Å². The molecular formula is C30H24ClNO3. The van der Waals surface area contributed by atoms with Gasteiger partial charge in [0.15, 0.2) is 0 Å². The molecule has 0 saturated carbocycles. The normalized spacial score (nSPS) is 19.7. The molecule has 5 heteroatoms. The first-order chi connectivity index (χ1) is 17.1. The predicted octanol–water partition coefficient (Wildman–Crippen LogP) is 7.09. The van der Waals surface area contributed by atoms with Crippen LogP contribution >= 0.6 is 11.6 Å². The molecule has 6 rings (SSSR count). The molecule has 3 atom stereocenters. The Balaban J connectivity index is 1.31. The molecule has 2 aliphatic rings. The van der Waals surface area contributed by atoms with Crippen molar-refractivity contribution in [3.05, 3.63) is 129 Å². The number of carboxylic acids is 1. The third-order valence-electron chi connectivity index (χ3n) is 7.24. The summed E-state index contributed by atoms with van der Waals surface area (Å²) in [6.07, 6.45) is 0.944. The van der Waals surface area contributed by atoms with E-state index in [1.54, 1.807) is 6.07 Å². The summed E-state index contributed by atoms with van der Waals surface area (Å²) in [5.41, 5.74) is 7.16. The van der Waals surface area contributed by atoms with Crippen molar-refractivity contribution in [2.24, 2.45) is 5.92 Å². The van der Waals surface area contributed by atoms with E-state index in [2.05, 4.69) is 41.7 Å². The Labute approximate surface area is 209 Å². The molecule has 1 heterocycles. The zero-order valence-electron chi connectivity index (χ0n) is 18.9. The van der Waals surface area contributed by atoms with Crippen LogP contribution in [0.1, 0.15) is 50.1 Å². The third kappa shape index (κ3) is 3.94. The monoisotopic (exact) mass is 481 g/mol. The smallest absolute Gasteiger partial charge is 0.335 e. The highest BCUT2D eigenvalue weighted by atomic mass is 35.5. The number of nitrogens with one attached hydrogen (secondary N) is 1. The summed E-state index contributed by atoms with van der Waals surface area (Å²) in [5.74, 6) is 0.342. The molecule has 0 bridgehead atoms. The summed E-state index contributed by atoms with van der Waals surface area (Å²) in [6, 6.07) is 30.0. The van der Waals surface area contributed by atoms with Gasteiger partial charge in [0.2, 0.25) is 0 Å². The first-order valence-corrected chi connectivity index (χ1v) is 12.1. The fraction of sp³-hybridized carbons (Fsp3) is 0.167. The molecule has 35 heavy (non-hydrogen) atoms. The zero-order valence-corrected chi connectivity index (χ0v) is 19.7. The van der Waals surface area contributed by atoms with Crippen LogP contribution in [0.3, 0.4) is 0 Å². The lowest BCUT2D eigenvalue weighted by molar-refractivity contribution is 0.0696. The number of rotatable bonds is 5. The minimum absolute atomic E-state index is 0.105. The van der Waals surface area contributed by atoms with Crippen molar-refractivity contribution in [2.75, 3.05) is 5.32 Å². The summed E-state index contributed by atoms with van der Waals surface area (Å²) < 4.78 is 5.98. The molecule has 174 valence electrons. The Morgan fingerprint density at radius 3 is 2.51 bits per heavy atom. The van der Waals surface area contributed by atoms with Crippen molar-refractivity contribution in [2.45, 2.75) is 25.0 Å². The highest BCUT2D eigenvalue weighted by Crippen LogP contribution is 2.54. The molecule has 0 fully saturated rings. The average Bonchev–Trinajstić information content (AvgIpc) is 3.28. The summed E-state index contributed by atoms with van der Waals surface area (Å²) in [6.45, 7) is 0.417. The second-order valence-electron chi connectivity index (χ2n) is 9.22. The van der Waals surface area contributed by atoms with E-state index in [0.717, 1.165) is 29.0 Å². The molecule has 4 nitrogen and oxygen atoms in total. The van der Waals surface area contributed by atoms with E-state index >= 15 is 0 Å². The van der Waals surface area contributed by atoms with Gasteiger partial charge in [-0.2, -0.15) is 0 Å². The predicted molar refractivity (Wildman–Crippen MR) is 137 cm³/mol. The van der Waals surface area contributed by atoms with Crippen LogP contribution in [0.2, 0.25) is 5.02 Å². The van der Waals surface area contributed by atoms with E-state index < -0.39 is 5.97 Å². The van der Waals surface area contributed by atoms with Crippen molar-refractivity contribution >= 4 is 23.3 Å². The van der Waals surface area contributed by atoms with Gasteiger partial charge >= 0.3 is 5.97 Å². The summed E-state index contributed by atoms with van der Waals surface area (Å²) >= 11 is 6.25. The van der Waals surface area contributed by atoms with E-state index in [1.165, 1.54) is 16.7 Å². The Morgan fingerprint density at radius 1 is 0.943 bits per heavy atom. The molecule has 1 aliphatic carbocycles. The van der Waals surface area contributed by atoms with Crippen LogP contribution in [0.5, 0.6) is 5.75 Å². The number of halogens is 1. The number of fused-ring (bicyclic) bond motifs is 5. The average molecular weight is 482 g/mol. The van der Waals surface area contributed by atoms with Crippen molar-refractivity contribution in [1.82, 2.24) is 0 Å². The van der Waals surface area contributed by atoms with Gasteiger partial charge in [-0.3, -0.25) is 0 Å². The van der Waals surface area contributed by atoms with Gasteiger partial charge in [0, 0.05) is 22.2 Å². The number of anilines is 1. The Kier molecular flexibility index (Phi) is 5.46. The molecule has 0 unspecified atom stereocenters. The van der Waals surface area contributed by atoms with Gasteiger partial charge in [-0.1, -0.05) is 66.2 Å². The summed E-state index contributed by atoms with van der Waals surface area (Å²) in [4.78, 5) is 11.7. The second kappa shape index (κ2) is 8.79. The third-order valence-corrected chi connectivity index (χ3v) is 7.61. The molecule has 0 spiro atoms. The zero-order chi connectivity index (χ0) is 23.9. The second-order valence-corrected chi connectivity index (χ2v) is 9.63. The quantitative estimate of drug-likeness (QED) is 0.319. The SMILES string of the molecule is O=C(O)c1ccc2c(c1)[C@@H]1c3ccccc3C[C@@H]1[C@H](c1ccc(OCc3ccccc3Cl)cc1)N2. The number of hydrogen-bond donors (Lipinski definition) is 2. The first kappa shape index (κ1) is 21.8. The lowest BCUT2D eigenvalue weighted by Crippen LogP contribution is -2.30. The highest BCUT2D eigenvalue weighted by Gasteiger charge is 2.43. The molecular weight excluding hydrogens is 458 g/mol. The number of benzene rings is 4. The van der Waals surface area contributed by atoms with Crippen molar-refractivity contribution in [3.63, 3.8) is 0 Å². The van der Waals surface area contributed by atoms with Gasteiger partial charge in [0.1, 0.15) is 12.4 Å². The van der Waals surface area contributed by atoms with Gasteiger partial charge < -0.3 is 15.2 Å². The Bertz CT molecular complexity index is 1420. The standard InChI is InChI=1S/C30H24ClNO3/c31-26-8-4-2-6-21(26)17-35-22-12-9-18(10-13-22)29-25-15-19-5-1-3-7-23(19)28(25)24-16-20(30(33)34)11-14-27(24)32-29/h1-14,16,25,28-29,32H,15,17H2,(H,33,34)/t25-,28-,29-/m0/s1. The van der Waals surface area contributed by atoms with Crippen LogP contribution in [0.15, 0.2) is 91.0 Å². The maximum Gasteiger partial charge on any atom is 0.335 e. The number of hydrogen-bond acceptors (Lipinski definition) is 3. The van der Waals surface area contributed by atoms with Gasteiger partial charge in [-0.25, -0.2) is 4.79 Å². The maximum absolute atomic E-state index is 11.7. The van der Waals surface area contributed by atoms with Crippen LogP contribution in [-0.4, -0.2) is 11.1 Å². The lowest BCUT2D eigenvalue weighted by Gasteiger charge is -2.38. The Morgan fingerprint density at radius 2 is 1.71 bits per heavy atom. The number of carboxylic acid groups (broad SMARTS) is 1. The minimum Gasteiger partial charge on any atom is -0.489 e. The van der Waals surface area contributed by atoms with E-state index in [-0.39, 0.29) is 12.0 Å². The molecule has 2 N–H and O–H groups in total. The van der Waals surface area contributed by atoms with Gasteiger partial charge in [-0.15, -0.1) is 0 Å². The number of aromatic carboxylic acids is 1. The van der Waals surface area contributed by atoms with Crippen LogP contribution in [-0.2, 0) is 13.0 Å². The van der Waals surface area contributed by atoms with E-state index in [0.29, 0.717) is 23.1 Å². The van der Waals surface area contributed by atoms with E-state index in [1.807, 2.05) is 48.5 Å². The summed E-state index contributed by atoms with van der Waals surface area (Å²) in [7, 11) is 0. The molecule has 4 aromatic rings. The fourth-order valence-electron chi connectivity index (χ4n) is 5.57. The highest BCUT2D eigenvalue weighted by molar-refractivity contribution is 6.31. The fourth-order valence-corrected chi connectivity index (χ4v) is 5.76. The van der Waals surface area contributed by atoms with Crippen LogP contribution < -0.4 is 10.1 Å². The van der Waals surface area contributed by atoms with Gasteiger partial charge in [0.25, 0.3) is 0 Å². The molecule has 0 amide bonds. The molecule has 4 aromatic carbocycles. The topological polar surface area (TPSA) is 58.6 Å². The largest absolute Gasteiger partial charge is 0.489 e. The molecule has 0 saturated heterocycles. The minimum atomic E-state index is -0.898. The lowest BCUT2D eigenvalue weighted by atomic mass is 9.75. The summed E-state index contributed by atoms with van der Waals surface area (Å²) in [5, 5.41) is 14.0. The molecule has 0 aromatic heterocycles. The van der Waals surface area contributed by atoms with E-state index in [4.69, 9.17) is 16.3 Å². The van der Waals surface area contributed by atoms with Crippen LogP contribution in [0.25, 0.3) is 0 Å². The number of ether oxygens (including phenoxy) is 1. The Hall–Kier alpha value is -3.76. The first-order valence-electron chi connectivity index (χ1n) is 11.8. The molecule has 1 aliphatic heterocycles. The number of carbonyl (C=O) groups is 1. The van der Waals surface area contributed by atoms with Crippen LogP contribution in [0, 0.1) is 5.92 Å².